The fourth-order valence-corrected chi connectivity index (χ4v) is 1.10. The Hall–Kier alpha value is -2.31. The fraction of sp³-hybridized carbons (Fsp3) is 0.364. The Morgan fingerprint density at radius 1 is 1.39 bits per heavy atom. The molecule has 2 amide bonds. The lowest BCUT2D eigenvalue weighted by atomic mass is 10.1. The van der Waals surface area contributed by atoms with Crippen molar-refractivity contribution in [2.75, 3.05) is 6.54 Å². The number of carbonyl (C=O) groups is 3. The van der Waals surface area contributed by atoms with E-state index in [2.05, 4.69) is 10.6 Å². The smallest absolute Gasteiger partial charge is 0.328 e. The molecule has 98 valence electrons. The van der Waals surface area contributed by atoms with Gasteiger partial charge in [0.05, 0.1) is 12.8 Å². The number of rotatable bonds is 5. The van der Waals surface area contributed by atoms with E-state index in [1.165, 1.54) is 26.2 Å². The molecule has 0 aromatic carbocycles. The number of nitrogens with one attached hydrogen (secondary N) is 2. The van der Waals surface area contributed by atoms with Gasteiger partial charge in [-0.15, -0.1) is 0 Å². The van der Waals surface area contributed by atoms with Crippen LogP contribution in [0.25, 0.3) is 0 Å². The topological polar surface area (TPSA) is 109 Å². The van der Waals surface area contributed by atoms with Crippen molar-refractivity contribution in [1.29, 1.82) is 0 Å². The van der Waals surface area contributed by atoms with E-state index in [0.717, 1.165) is 0 Å². The van der Waals surface area contributed by atoms with Crippen molar-refractivity contribution in [3.05, 3.63) is 24.2 Å². The summed E-state index contributed by atoms with van der Waals surface area (Å²) in [5, 5.41) is 13.4. The first-order valence-corrected chi connectivity index (χ1v) is 5.19. The summed E-state index contributed by atoms with van der Waals surface area (Å²) in [6.07, 6.45) is 1.34. The molecule has 0 spiro atoms. The molecule has 0 atom stereocenters. The number of aliphatic carboxylic acids is 1. The molecular formula is C11H14N2O5. The number of carboxylic acid groups (broad SMARTS) is 1. The standard InChI is InChI=1S/C11H14N2O5/c1-11(2,10(16)17)13-8(14)6-12-9(15)7-4-3-5-18-7/h3-5H,6H2,1-2H3,(H,12,15)(H,13,14)(H,16,17). The number of hydrogen-bond donors (Lipinski definition) is 3. The second kappa shape index (κ2) is 5.35. The SMILES string of the molecule is CC(C)(NC(=O)CNC(=O)c1ccco1)C(=O)O. The Bertz CT molecular complexity index is 450. The first kappa shape index (κ1) is 13.8. The summed E-state index contributed by atoms with van der Waals surface area (Å²) < 4.78 is 4.83. The molecule has 7 heteroatoms. The molecule has 0 aliphatic rings. The molecule has 0 aliphatic heterocycles. The average Bonchev–Trinajstić information content (AvgIpc) is 2.78. The zero-order chi connectivity index (χ0) is 13.8. The van der Waals surface area contributed by atoms with Crippen LogP contribution in [0, 0.1) is 0 Å². The number of amides is 2. The van der Waals surface area contributed by atoms with Crippen LogP contribution in [0.5, 0.6) is 0 Å². The number of hydrogen-bond acceptors (Lipinski definition) is 4. The predicted molar refractivity (Wildman–Crippen MR) is 60.9 cm³/mol. The predicted octanol–water partition coefficient (Wildman–Crippen LogP) is -0.0112. The second-order valence-electron chi connectivity index (χ2n) is 4.14. The van der Waals surface area contributed by atoms with Gasteiger partial charge in [-0.2, -0.15) is 0 Å². The Kier molecular flexibility index (Phi) is 4.09. The minimum absolute atomic E-state index is 0.0836. The van der Waals surface area contributed by atoms with Gasteiger partial charge >= 0.3 is 5.97 Å². The Morgan fingerprint density at radius 2 is 2.06 bits per heavy atom. The summed E-state index contributed by atoms with van der Waals surface area (Å²) in [5.74, 6) is -2.21. The maximum absolute atomic E-state index is 11.4. The summed E-state index contributed by atoms with van der Waals surface area (Å²) in [6, 6.07) is 3.00. The van der Waals surface area contributed by atoms with Gasteiger partial charge in [0.2, 0.25) is 5.91 Å². The molecule has 3 N–H and O–H groups in total. The number of furan rings is 1. The molecule has 0 radical (unpaired) electrons. The molecule has 18 heavy (non-hydrogen) atoms. The van der Waals surface area contributed by atoms with E-state index < -0.39 is 23.3 Å². The Morgan fingerprint density at radius 3 is 2.56 bits per heavy atom. The molecule has 1 aromatic heterocycles. The van der Waals surface area contributed by atoms with Crippen molar-refractivity contribution in [2.24, 2.45) is 0 Å². The zero-order valence-corrected chi connectivity index (χ0v) is 10.0. The molecule has 0 saturated heterocycles. The van der Waals surface area contributed by atoms with E-state index in [1.54, 1.807) is 6.07 Å². The molecule has 0 bridgehead atoms. The monoisotopic (exact) mass is 254 g/mol. The third kappa shape index (κ3) is 3.62. The van der Waals surface area contributed by atoms with Crippen LogP contribution in [0.1, 0.15) is 24.4 Å². The molecule has 0 fully saturated rings. The molecule has 1 heterocycles. The van der Waals surface area contributed by atoms with Crippen LogP contribution in [-0.2, 0) is 9.59 Å². The van der Waals surface area contributed by atoms with Crippen molar-refractivity contribution >= 4 is 17.8 Å². The second-order valence-corrected chi connectivity index (χ2v) is 4.14. The highest BCUT2D eigenvalue weighted by molar-refractivity contribution is 5.95. The van der Waals surface area contributed by atoms with Crippen molar-refractivity contribution in [2.45, 2.75) is 19.4 Å². The summed E-state index contributed by atoms with van der Waals surface area (Å²) in [4.78, 5) is 33.6. The van der Waals surface area contributed by atoms with Crippen LogP contribution in [-0.4, -0.2) is 35.0 Å². The fourth-order valence-electron chi connectivity index (χ4n) is 1.10. The van der Waals surface area contributed by atoms with Crippen LogP contribution in [0.4, 0.5) is 0 Å². The van der Waals surface area contributed by atoms with Gasteiger partial charge in [0.15, 0.2) is 5.76 Å². The minimum atomic E-state index is -1.38. The van der Waals surface area contributed by atoms with Crippen molar-refractivity contribution in [1.82, 2.24) is 10.6 Å². The lowest BCUT2D eigenvalue weighted by Gasteiger charge is -2.20. The maximum Gasteiger partial charge on any atom is 0.328 e. The highest BCUT2D eigenvalue weighted by Gasteiger charge is 2.28. The third-order valence-corrected chi connectivity index (χ3v) is 2.14. The number of carboxylic acids is 1. The summed E-state index contributed by atoms with van der Waals surface area (Å²) in [7, 11) is 0. The Balaban J connectivity index is 2.43. The van der Waals surface area contributed by atoms with E-state index in [-0.39, 0.29) is 12.3 Å². The molecule has 0 saturated carbocycles. The first-order valence-electron chi connectivity index (χ1n) is 5.19. The summed E-state index contributed by atoms with van der Waals surface area (Å²) in [5.41, 5.74) is -1.38. The molecule has 7 nitrogen and oxygen atoms in total. The zero-order valence-electron chi connectivity index (χ0n) is 10.0. The highest BCUT2D eigenvalue weighted by Crippen LogP contribution is 2.01. The molecular weight excluding hydrogens is 240 g/mol. The Labute approximate surface area is 103 Å². The molecule has 1 rings (SSSR count). The summed E-state index contributed by atoms with van der Waals surface area (Å²) in [6.45, 7) is 2.37. The van der Waals surface area contributed by atoms with E-state index in [0.29, 0.717) is 0 Å². The highest BCUT2D eigenvalue weighted by atomic mass is 16.4. The van der Waals surface area contributed by atoms with Crippen LogP contribution >= 0.6 is 0 Å². The quantitative estimate of drug-likeness (QED) is 0.684. The maximum atomic E-state index is 11.4. The molecule has 0 unspecified atom stereocenters. The van der Waals surface area contributed by atoms with Crippen molar-refractivity contribution in [3.63, 3.8) is 0 Å². The van der Waals surface area contributed by atoms with E-state index in [9.17, 15) is 14.4 Å². The lowest BCUT2D eigenvalue weighted by molar-refractivity contribution is -0.145. The van der Waals surface area contributed by atoms with Gasteiger partial charge < -0.3 is 20.2 Å². The van der Waals surface area contributed by atoms with Crippen molar-refractivity contribution in [3.8, 4) is 0 Å². The minimum Gasteiger partial charge on any atom is -0.480 e. The lowest BCUT2D eigenvalue weighted by Crippen LogP contribution is -2.52. The van der Waals surface area contributed by atoms with E-state index in [4.69, 9.17) is 9.52 Å². The average molecular weight is 254 g/mol. The van der Waals surface area contributed by atoms with Crippen LogP contribution in [0.2, 0.25) is 0 Å². The third-order valence-electron chi connectivity index (χ3n) is 2.14. The van der Waals surface area contributed by atoms with Crippen LogP contribution < -0.4 is 10.6 Å². The van der Waals surface area contributed by atoms with Gasteiger partial charge in [-0.05, 0) is 26.0 Å². The van der Waals surface area contributed by atoms with Gasteiger partial charge in [-0.3, -0.25) is 9.59 Å². The van der Waals surface area contributed by atoms with Crippen molar-refractivity contribution < 1.29 is 23.9 Å². The van der Waals surface area contributed by atoms with Gasteiger partial charge in [0.25, 0.3) is 5.91 Å². The normalized spacial score (nSPS) is 10.8. The largest absolute Gasteiger partial charge is 0.480 e. The van der Waals surface area contributed by atoms with Crippen LogP contribution in [0.15, 0.2) is 22.8 Å². The van der Waals surface area contributed by atoms with E-state index >= 15 is 0 Å². The van der Waals surface area contributed by atoms with E-state index in [1.807, 2.05) is 0 Å². The van der Waals surface area contributed by atoms with Gasteiger partial charge in [0, 0.05) is 0 Å². The number of carbonyl (C=O) groups excluding carboxylic acids is 2. The van der Waals surface area contributed by atoms with Gasteiger partial charge in [0.1, 0.15) is 5.54 Å². The van der Waals surface area contributed by atoms with Gasteiger partial charge in [-0.25, -0.2) is 4.79 Å². The first-order chi connectivity index (χ1) is 8.33. The molecule has 1 aromatic rings. The molecule has 0 aliphatic carbocycles. The van der Waals surface area contributed by atoms with Crippen LogP contribution in [0.3, 0.4) is 0 Å². The van der Waals surface area contributed by atoms with Gasteiger partial charge in [-0.1, -0.05) is 0 Å². The summed E-state index contributed by atoms with van der Waals surface area (Å²) >= 11 is 0.